The van der Waals surface area contributed by atoms with E-state index in [9.17, 15) is 9.59 Å². The van der Waals surface area contributed by atoms with Crippen molar-refractivity contribution in [2.45, 2.75) is 34.6 Å². The first-order chi connectivity index (χ1) is 22.8. The molecule has 0 bridgehead atoms. The van der Waals surface area contributed by atoms with Crippen molar-refractivity contribution in [3.63, 3.8) is 0 Å². The van der Waals surface area contributed by atoms with Crippen LogP contribution < -0.4 is 0 Å². The second kappa shape index (κ2) is 16.6. The Kier molecular flexibility index (Phi) is 12.1. The Morgan fingerprint density at radius 1 is 0.511 bits per heavy atom. The number of imidazole rings is 1. The minimum atomic E-state index is -0.481. The van der Waals surface area contributed by atoms with Gasteiger partial charge in [0.1, 0.15) is 5.82 Å². The number of nitrogens with zero attached hydrogens (tertiary/aromatic N) is 2. The van der Waals surface area contributed by atoms with Gasteiger partial charge in [-0.3, -0.25) is 9.59 Å². The second-order valence-electron chi connectivity index (χ2n) is 11.1. The lowest BCUT2D eigenvalue weighted by Gasteiger charge is -2.08. The molecule has 47 heavy (non-hydrogen) atoms. The number of benzene rings is 4. The van der Waals surface area contributed by atoms with Crippen LogP contribution in [0.15, 0.2) is 121 Å². The Morgan fingerprint density at radius 2 is 0.830 bits per heavy atom. The van der Waals surface area contributed by atoms with E-state index in [0.29, 0.717) is 11.1 Å². The summed E-state index contributed by atoms with van der Waals surface area (Å²) in [4.78, 5) is 29.3. The average molecular weight is 619 g/mol. The smallest absolute Gasteiger partial charge is 0.233 e. The number of aryl methyl sites for hydroxylation is 1. The molecule has 0 radical (unpaired) electrons. The summed E-state index contributed by atoms with van der Waals surface area (Å²) in [5.41, 5.74) is 9.76. The van der Waals surface area contributed by atoms with E-state index >= 15 is 0 Å². The Morgan fingerprint density at radius 3 is 1.17 bits per heavy atom. The summed E-state index contributed by atoms with van der Waals surface area (Å²) in [7, 11) is 2.08. The van der Waals surface area contributed by atoms with Crippen LogP contribution in [0.4, 0.5) is 0 Å². The summed E-state index contributed by atoms with van der Waals surface area (Å²) in [6, 6.07) is 31.3. The predicted octanol–water partition coefficient (Wildman–Crippen LogP) is 10.9. The van der Waals surface area contributed by atoms with Gasteiger partial charge in [-0.2, -0.15) is 0 Å². The van der Waals surface area contributed by atoms with Crippen LogP contribution in [0.5, 0.6) is 0 Å². The molecule has 0 spiro atoms. The van der Waals surface area contributed by atoms with Crippen molar-refractivity contribution in [3.8, 4) is 22.5 Å². The lowest BCUT2D eigenvalue weighted by atomic mass is 9.99. The van der Waals surface area contributed by atoms with Crippen molar-refractivity contribution < 1.29 is 9.59 Å². The number of hydrogen-bond acceptors (Lipinski definition) is 3. The maximum atomic E-state index is 12.2. The summed E-state index contributed by atoms with van der Waals surface area (Å²) in [6.07, 6.45) is 16.1. The fraction of sp³-hybridized carbons (Fsp3) is 0.140. The molecule has 0 atom stereocenters. The molecule has 0 fully saturated rings. The molecule has 0 unspecified atom stereocenters. The number of carbonyl (C=O) groups is 2. The van der Waals surface area contributed by atoms with Gasteiger partial charge in [0.2, 0.25) is 11.6 Å². The summed E-state index contributed by atoms with van der Waals surface area (Å²) in [6.45, 7) is 9.98. The molecule has 236 valence electrons. The quantitative estimate of drug-likeness (QED) is 0.122. The number of allylic oxidation sites excluding steroid dienone is 4. The fourth-order valence-corrected chi connectivity index (χ4v) is 5.17. The number of carbonyl (C=O) groups excluding carboxylic acids is 2. The van der Waals surface area contributed by atoms with Crippen molar-refractivity contribution in [1.29, 1.82) is 0 Å². The van der Waals surface area contributed by atoms with Crippen LogP contribution in [-0.4, -0.2) is 21.1 Å². The van der Waals surface area contributed by atoms with E-state index in [0.717, 1.165) is 33.9 Å². The highest BCUT2D eigenvalue weighted by atomic mass is 16.2. The normalized spacial score (nSPS) is 11.4. The predicted molar refractivity (Wildman–Crippen MR) is 199 cm³/mol. The third-order valence-corrected chi connectivity index (χ3v) is 7.68. The highest BCUT2D eigenvalue weighted by Gasteiger charge is 2.18. The lowest BCUT2D eigenvalue weighted by molar-refractivity contribution is 0.0817. The van der Waals surface area contributed by atoms with Crippen LogP contribution in [0.25, 0.3) is 46.8 Å². The minimum Gasteiger partial charge on any atom is -0.331 e. The van der Waals surface area contributed by atoms with Gasteiger partial charge in [0.05, 0.1) is 11.4 Å². The highest BCUT2D eigenvalue weighted by molar-refractivity contribution is 6.49. The summed E-state index contributed by atoms with van der Waals surface area (Å²) < 4.78 is 2.17. The molecule has 5 aromatic rings. The van der Waals surface area contributed by atoms with E-state index in [4.69, 9.17) is 4.98 Å². The molecule has 4 nitrogen and oxygen atoms in total. The molecule has 5 rings (SSSR count). The first-order valence-corrected chi connectivity index (χ1v) is 15.8. The standard InChI is InChI=1S/C23H24N2.C20H18O2/c1-5-7-18-9-13-20(14-10-18)22-23(25(4)17(3)24-22)21-15-11-19(8-6-2)12-16-21;1-3-5-15-7-11-17(12-8-15)19(21)20(22)18-13-9-16(6-4-2)10-14-18/h5-16H,1-4H3;3-14H,1-2H3/b7-5+,8-6+;5-3+,6-4+. The highest BCUT2D eigenvalue weighted by Crippen LogP contribution is 2.32. The minimum absolute atomic E-state index is 0.413. The van der Waals surface area contributed by atoms with E-state index < -0.39 is 11.6 Å². The van der Waals surface area contributed by atoms with E-state index in [1.54, 1.807) is 24.3 Å². The Bertz CT molecular complexity index is 1850. The molecular weight excluding hydrogens is 576 g/mol. The zero-order valence-electron chi connectivity index (χ0n) is 28.1. The third-order valence-electron chi connectivity index (χ3n) is 7.68. The van der Waals surface area contributed by atoms with Crippen LogP contribution in [0, 0.1) is 6.92 Å². The van der Waals surface area contributed by atoms with Gasteiger partial charge in [-0.1, -0.05) is 146 Å². The van der Waals surface area contributed by atoms with Crippen LogP contribution in [0.2, 0.25) is 0 Å². The summed E-state index contributed by atoms with van der Waals surface area (Å²) in [5.74, 6) is 0.0525. The largest absolute Gasteiger partial charge is 0.331 e. The van der Waals surface area contributed by atoms with Crippen molar-refractivity contribution in [3.05, 3.63) is 161 Å². The molecular formula is C43H42N2O2. The second-order valence-corrected chi connectivity index (χ2v) is 11.1. The van der Waals surface area contributed by atoms with Gasteiger partial charge in [-0.05, 0) is 56.9 Å². The molecule has 0 saturated carbocycles. The Balaban J connectivity index is 0.000000215. The monoisotopic (exact) mass is 618 g/mol. The maximum absolute atomic E-state index is 12.2. The molecule has 4 heteroatoms. The van der Waals surface area contributed by atoms with Crippen molar-refractivity contribution in [2.24, 2.45) is 7.05 Å². The zero-order valence-corrected chi connectivity index (χ0v) is 28.1. The van der Waals surface area contributed by atoms with Gasteiger partial charge in [0, 0.05) is 29.3 Å². The SMILES string of the molecule is C/C=C/c1ccc(-c2nc(C)n(C)c2-c2ccc(/C=C/C)cc2)cc1.C/C=C/c1ccc(C(=O)C(=O)c2ccc(/C=C/C)cc2)cc1. The van der Waals surface area contributed by atoms with E-state index in [1.807, 2.05) is 76.3 Å². The molecule has 0 N–H and O–H groups in total. The third kappa shape index (κ3) is 8.77. The van der Waals surface area contributed by atoms with E-state index in [-0.39, 0.29) is 0 Å². The average Bonchev–Trinajstić information content (AvgIpc) is 3.39. The van der Waals surface area contributed by atoms with Crippen LogP contribution in [-0.2, 0) is 7.05 Å². The number of ketones is 2. The van der Waals surface area contributed by atoms with Gasteiger partial charge in [0.15, 0.2) is 0 Å². The number of rotatable bonds is 9. The lowest BCUT2D eigenvalue weighted by Crippen LogP contribution is -2.14. The van der Waals surface area contributed by atoms with Gasteiger partial charge >= 0.3 is 0 Å². The molecule has 1 heterocycles. The first kappa shape index (κ1) is 34.3. The molecule has 0 saturated heterocycles. The Hall–Kier alpha value is -5.61. The van der Waals surface area contributed by atoms with Gasteiger partial charge in [0.25, 0.3) is 0 Å². The fourth-order valence-electron chi connectivity index (χ4n) is 5.17. The van der Waals surface area contributed by atoms with Crippen LogP contribution in [0.1, 0.15) is 76.5 Å². The van der Waals surface area contributed by atoms with Crippen molar-refractivity contribution >= 4 is 35.9 Å². The number of Topliss-reactive ketones (excluding diaryl/α,β-unsaturated/α-hetero) is 2. The molecule has 4 aromatic carbocycles. The van der Waals surface area contributed by atoms with Gasteiger partial charge in [-0.25, -0.2) is 4.98 Å². The molecule has 1 aromatic heterocycles. The maximum Gasteiger partial charge on any atom is 0.233 e. The number of aromatic nitrogens is 2. The Labute approximate surface area is 279 Å². The van der Waals surface area contributed by atoms with Gasteiger partial charge < -0.3 is 4.57 Å². The zero-order chi connectivity index (χ0) is 33.8. The van der Waals surface area contributed by atoms with Crippen LogP contribution >= 0.6 is 0 Å². The molecule has 0 aliphatic rings. The van der Waals surface area contributed by atoms with Crippen molar-refractivity contribution in [2.75, 3.05) is 0 Å². The van der Waals surface area contributed by atoms with Crippen LogP contribution in [0.3, 0.4) is 0 Å². The molecule has 0 amide bonds. The number of hydrogen-bond donors (Lipinski definition) is 0. The van der Waals surface area contributed by atoms with Crippen molar-refractivity contribution in [1.82, 2.24) is 9.55 Å². The first-order valence-electron chi connectivity index (χ1n) is 15.8. The summed E-state index contributed by atoms with van der Waals surface area (Å²) in [5, 5.41) is 0. The van der Waals surface area contributed by atoms with Gasteiger partial charge in [-0.15, -0.1) is 0 Å². The topological polar surface area (TPSA) is 52.0 Å². The van der Waals surface area contributed by atoms with E-state index in [1.165, 1.54) is 16.7 Å². The van der Waals surface area contributed by atoms with E-state index in [2.05, 4.69) is 91.4 Å². The molecule has 0 aliphatic carbocycles. The molecule has 0 aliphatic heterocycles. The summed E-state index contributed by atoms with van der Waals surface area (Å²) >= 11 is 0.